The van der Waals surface area contributed by atoms with Crippen LogP contribution in [0.2, 0.25) is 5.02 Å². The molecule has 132 valence electrons. The van der Waals surface area contributed by atoms with Crippen molar-refractivity contribution in [2.24, 2.45) is 5.92 Å². The number of amides is 2. The number of pyridine rings is 1. The second-order valence-electron chi connectivity index (χ2n) is 6.37. The van der Waals surface area contributed by atoms with Crippen molar-refractivity contribution in [2.75, 3.05) is 5.32 Å². The number of imidazole rings is 1. The Morgan fingerprint density at radius 1 is 1.19 bits per heavy atom. The van der Waals surface area contributed by atoms with Crippen LogP contribution >= 0.6 is 11.6 Å². The first-order valence-electron chi connectivity index (χ1n) is 8.41. The van der Waals surface area contributed by atoms with Gasteiger partial charge >= 0.3 is 0 Å². The van der Waals surface area contributed by atoms with Crippen molar-refractivity contribution in [1.29, 1.82) is 0 Å². The predicted molar refractivity (Wildman–Crippen MR) is 99.2 cm³/mol. The number of hydrogen-bond acceptors (Lipinski definition) is 3. The Morgan fingerprint density at radius 3 is 2.85 bits per heavy atom. The first-order chi connectivity index (χ1) is 12.6. The number of nitrogens with zero attached hydrogens (tertiary/aromatic N) is 2. The standard InChI is InChI=1S/C19H17ClN4O2/c20-14-6-7-17-22-16(11-24(17)10-14)9-21-18(25)13-2-1-3-15(8-13)23-19(26)12-4-5-12/h1-3,6-8,10-12H,4-5,9H2,(H,21,25)(H,23,26). The highest BCUT2D eigenvalue weighted by atomic mass is 35.5. The number of hydrogen-bond donors (Lipinski definition) is 2. The van der Waals surface area contributed by atoms with Crippen LogP contribution in [0.15, 0.2) is 48.8 Å². The number of halogens is 1. The summed E-state index contributed by atoms with van der Waals surface area (Å²) >= 11 is 5.96. The average molecular weight is 369 g/mol. The molecule has 7 heteroatoms. The van der Waals surface area contributed by atoms with Gasteiger partial charge in [0.05, 0.1) is 17.3 Å². The number of rotatable bonds is 5. The van der Waals surface area contributed by atoms with Crippen LogP contribution in [0.1, 0.15) is 28.9 Å². The molecule has 2 N–H and O–H groups in total. The average Bonchev–Trinajstić information content (AvgIpc) is 3.40. The van der Waals surface area contributed by atoms with Crippen LogP contribution in [-0.4, -0.2) is 21.2 Å². The lowest BCUT2D eigenvalue weighted by Crippen LogP contribution is -2.23. The smallest absolute Gasteiger partial charge is 0.251 e. The molecule has 1 fully saturated rings. The number of aromatic nitrogens is 2. The van der Waals surface area contributed by atoms with Crippen molar-refractivity contribution in [3.8, 4) is 0 Å². The molecule has 0 atom stereocenters. The van der Waals surface area contributed by atoms with Gasteiger partial charge in [0.1, 0.15) is 5.65 Å². The van der Waals surface area contributed by atoms with Gasteiger partial charge in [-0.15, -0.1) is 0 Å². The van der Waals surface area contributed by atoms with E-state index in [0.29, 0.717) is 22.8 Å². The van der Waals surface area contributed by atoms with E-state index in [-0.39, 0.29) is 17.7 Å². The second kappa shape index (κ2) is 6.80. The summed E-state index contributed by atoms with van der Waals surface area (Å²) in [5.41, 5.74) is 2.63. The number of carbonyl (C=O) groups is 2. The molecule has 0 bridgehead atoms. The van der Waals surface area contributed by atoms with Crippen molar-refractivity contribution >= 4 is 34.7 Å². The van der Waals surface area contributed by atoms with E-state index in [2.05, 4.69) is 15.6 Å². The van der Waals surface area contributed by atoms with Crippen molar-refractivity contribution in [3.63, 3.8) is 0 Å². The summed E-state index contributed by atoms with van der Waals surface area (Å²) in [6, 6.07) is 10.5. The summed E-state index contributed by atoms with van der Waals surface area (Å²) in [6.07, 6.45) is 5.47. The predicted octanol–water partition coefficient (Wildman–Crippen LogP) is 3.27. The van der Waals surface area contributed by atoms with Gasteiger partial charge in [0, 0.05) is 29.6 Å². The fourth-order valence-electron chi connectivity index (χ4n) is 2.70. The molecule has 1 aliphatic rings. The largest absolute Gasteiger partial charge is 0.346 e. The molecule has 1 aliphatic carbocycles. The van der Waals surface area contributed by atoms with E-state index in [1.54, 1.807) is 36.5 Å². The molecule has 0 radical (unpaired) electrons. The Kier molecular flexibility index (Phi) is 4.34. The van der Waals surface area contributed by atoms with Crippen molar-refractivity contribution < 1.29 is 9.59 Å². The van der Waals surface area contributed by atoms with Crippen LogP contribution in [-0.2, 0) is 11.3 Å². The van der Waals surface area contributed by atoms with Crippen LogP contribution in [0.3, 0.4) is 0 Å². The Bertz CT molecular complexity index is 994. The number of benzene rings is 1. The normalized spacial score (nSPS) is 13.6. The van der Waals surface area contributed by atoms with E-state index >= 15 is 0 Å². The highest BCUT2D eigenvalue weighted by Crippen LogP contribution is 2.30. The molecule has 3 aromatic rings. The molecule has 4 rings (SSSR count). The van der Waals surface area contributed by atoms with Gasteiger partial charge in [0.2, 0.25) is 5.91 Å². The molecular weight excluding hydrogens is 352 g/mol. The quantitative estimate of drug-likeness (QED) is 0.725. The fraction of sp³-hybridized carbons (Fsp3) is 0.211. The molecule has 0 saturated heterocycles. The molecule has 26 heavy (non-hydrogen) atoms. The number of anilines is 1. The zero-order valence-electron chi connectivity index (χ0n) is 13.9. The third-order valence-electron chi connectivity index (χ3n) is 4.24. The second-order valence-corrected chi connectivity index (χ2v) is 6.81. The van der Waals surface area contributed by atoms with Gasteiger partial charge in [-0.1, -0.05) is 17.7 Å². The van der Waals surface area contributed by atoms with E-state index in [9.17, 15) is 9.59 Å². The van der Waals surface area contributed by atoms with Crippen LogP contribution < -0.4 is 10.6 Å². The number of nitrogens with one attached hydrogen (secondary N) is 2. The van der Waals surface area contributed by atoms with Gasteiger partial charge in [0.25, 0.3) is 5.91 Å². The first kappa shape index (κ1) is 16.6. The molecule has 2 heterocycles. The van der Waals surface area contributed by atoms with E-state index in [4.69, 9.17) is 11.6 Å². The zero-order valence-corrected chi connectivity index (χ0v) is 14.7. The van der Waals surface area contributed by atoms with Gasteiger partial charge in [-0.05, 0) is 43.2 Å². The molecule has 2 amide bonds. The number of fused-ring (bicyclic) bond motifs is 1. The summed E-state index contributed by atoms with van der Waals surface area (Å²) in [5.74, 6) is -0.0791. The molecule has 2 aromatic heterocycles. The molecule has 1 aromatic carbocycles. The Labute approximate surface area is 155 Å². The highest BCUT2D eigenvalue weighted by Gasteiger charge is 2.29. The van der Waals surface area contributed by atoms with E-state index in [1.165, 1.54) is 0 Å². The van der Waals surface area contributed by atoms with Gasteiger partial charge in [-0.3, -0.25) is 9.59 Å². The highest BCUT2D eigenvalue weighted by molar-refractivity contribution is 6.30. The molecule has 0 aliphatic heterocycles. The molecule has 0 unspecified atom stereocenters. The molecular formula is C19H17ClN4O2. The van der Waals surface area contributed by atoms with Crippen molar-refractivity contribution in [3.05, 3.63) is 65.1 Å². The van der Waals surface area contributed by atoms with Gasteiger partial charge in [-0.2, -0.15) is 0 Å². The summed E-state index contributed by atoms with van der Waals surface area (Å²) in [7, 11) is 0. The maximum atomic E-state index is 12.4. The van der Waals surface area contributed by atoms with Crippen LogP contribution in [0.5, 0.6) is 0 Å². The van der Waals surface area contributed by atoms with Crippen molar-refractivity contribution in [1.82, 2.24) is 14.7 Å². The van der Waals surface area contributed by atoms with E-state index in [1.807, 2.05) is 16.7 Å². The summed E-state index contributed by atoms with van der Waals surface area (Å²) in [6.45, 7) is 0.302. The molecule has 1 saturated carbocycles. The third-order valence-corrected chi connectivity index (χ3v) is 4.46. The van der Waals surface area contributed by atoms with Crippen molar-refractivity contribution in [2.45, 2.75) is 19.4 Å². The summed E-state index contributed by atoms with van der Waals surface area (Å²) in [5, 5.41) is 6.32. The maximum absolute atomic E-state index is 12.4. The first-order valence-corrected chi connectivity index (χ1v) is 8.78. The lowest BCUT2D eigenvalue weighted by Gasteiger charge is -2.07. The lowest BCUT2D eigenvalue weighted by atomic mass is 10.2. The Hall–Kier alpha value is -2.86. The van der Waals surface area contributed by atoms with E-state index < -0.39 is 0 Å². The minimum Gasteiger partial charge on any atom is -0.346 e. The Balaban J connectivity index is 1.41. The maximum Gasteiger partial charge on any atom is 0.251 e. The zero-order chi connectivity index (χ0) is 18.1. The Morgan fingerprint density at radius 2 is 2.04 bits per heavy atom. The fourth-order valence-corrected chi connectivity index (χ4v) is 2.87. The van der Waals surface area contributed by atoms with Gasteiger partial charge in [0.15, 0.2) is 0 Å². The third kappa shape index (κ3) is 3.70. The minimum absolute atomic E-state index is 0.0194. The summed E-state index contributed by atoms with van der Waals surface area (Å²) in [4.78, 5) is 28.7. The minimum atomic E-state index is -0.220. The topological polar surface area (TPSA) is 75.5 Å². The molecule has 6 nitrogen and oxygen atoms in total. The van der Waals surface area contributed by atoms with E-state index in [0.717, 1.165) is 24.2 Å². The lowest BCUT2D eigenvalue weighted by molar-refractivity contribution is -0.117. The summed E-state index contributed by atoms with van der Waals surface area (Å²) < 4.78 is 1.82. The van der Waals surface area contributed by atoms with Gasteiger partial charge in [-0.25, -0.2) is 4.98 Å². The van der Waals surface area contributed by atoms with Gasteiger partial charge < -0.3 is 15.0 Å². The molecule has 0 spiro atoms. The number of carbonyl (C=O) groups excluding carboxylic acids is 2. The SMILES string of the molecule is O=C(NCc1cn2cc(Cl)ccc2n1)c1cccc(NC(=O)C2CC2)c1. The van der Waals surface area contributed by atoms with Crippen LogP contribution in [0.4, 0.5) is 5.69 Å². The monoisotopic (exact) mass is 368 g/mol. The van der Waals surface area contributed by atoms with Crippen LogP contribution in [0.25, 0.3) is 5.65 Å². The van der Waals surface area contributed by atoms with Crippen LogP contribution in [0, 0.1) is 5.92 Å².